The van der Waals surface area contributed by atoms with E-state index < -0.39 is 17.3 Å². The molecule has 176 valence electrons. The van der Waals surface area contributed by atoms with Gasteiger partial charge in [0.2, 0.25) is 5.91 Å². The molecule has 0 saturated carbocycles. The van der Waals surface area contributed by atoms with E-state index in [-0.39, 0.29) is 5.91 Å². The smallest absolute Gasteiger partial charge is 0.309 e. The summed E-state index contributed by atoms with van der Waals surface area (Å²) in [5.74, 6) is -0.472. The van der Waals surface area contributed by atoms with Crippen molar-refractivity contribution in [3.05, 3.63) is 0 Å². The number of unbranched alkanes of at least 4 members (excludes halogenated alkanes) is 9. The minimum Gasteiger partial charge on any atom is -0.481 e. The normalized spacial score (nSPS) is 12.5. The predicted molar refractivity (Wildman–Crippen MR) is 135 cm³/mol. The molecule has 5 N–H and O–H groups in total. The number of aliphatic carboxylic acids is 1. The number of carbonyl (C=O) groups excluding carboxylic acids is 1. The maximum atomic E-state index is 12.5. The van der Waals surface area contributed by atoms with Crippen molar-refractivity contribution in [3.8, 4) is 0 Å². The number of thioether (sulfide) groups is 2. The molecule has 1 amide bonds. The van der Waals surface area contributed by atoms with Crippen LogP contribution in [0, 0.1) is 11.3 Å². The fourth-order valence-corrected chi connectivity index (χ4v) is 5.66. The van der Waals surface area contributed by atoms with Crippen molar-refractivity contribution in [1.29, 1.82) is 0 Å². The van der Waals surface area contributed by atoms with Crippen LogP contribution in [-0.2, 0) is 9.59 Å². The Bertz CT molecular complexity index is 502. The minimum atomic E-state index is -1.14. The van der Waals surface area contributed by atoms with Crippen molar-refractivity contribution < 1.29 is 20.4 Å². The number of hydrogen-bond donors (Lipinski definition) is 3. The van der Waals surface area contributed by atoms with Crippen LogP contribution >= 0.6 is 35.7 Å². The van der Waals surface area contributed by atoms with E-state index in [1.807, 2.05) is 0 Å². The van der Waals surface area contributed by atoms with E-state index in [4.69, 9.17) is 12.2 Å². The summed E-state index contributed by atoms with van der Waals surface area (Å²) in [6.07, 6.45) is 13.1. The highest BCUT2D eigenvalue weighted by Crippen LogP contribution is 2.32. The highest BCUT2D eigenvalue weighted by atomic mass is 32.2. The molecule has 0 radical (unpaired) electrons. The van der Waals surface area contributed by atoms with Crippen molar-refractivity contribution in [1.82, 2.24) is 5.32 Å². The summed E-state index contributed by atoms with van der Waals surface area (Å²) in [5, 5.41) is 12.3. The molecule has 0 aliphatic rings. The number of hydrogen-bond acceptors (Lipinski definition) is 5. The molecule has 0 aliphatic carbocycles. The molecule has 0 heterocycles. The molecule has 5 nitrogen and oxygen atoms in total. The third kappa shape index (κ3) is 13.9. The maximum absolute atomic E-state index is 12.5. The average molecular weight is 480 g/mol. The fraction of sp³-hybridized carbons (Fsp3) is 0.864. The summed E-state index contributed by atoms with van der Waals surface area (Å²) in [5.41, 5.74) is 2.56. The van der Waals surface area contributed by atoms with Crippen LogP contribution in [0.2, 0.25) is 0 Å². The third-order valence-electron chi connectivity index (χ3n) is 5.30. The van der Waals surface area contributed by atoms with E-state index >= 15 is 0 Å². The van der Waals surface area contributed by atoms with E-state index in [0.717, 1.165) is 15.7 Å². The van der Waals surface area contributed by atoms with Crippen molar-refractivity contribution in [2.24, 2.45) is 11.3 Å². The van der Waals surface area contributed by atoms with Crippen molar-refractivity contribution >= 4 is 51.1 Å². The summed E-state index contributed by atoms with van der Waals surface area (Å²) >= 11 is 8.52. The molecule has 0 fully saturated rings. The highest BCUT2D eigenvalue weighted by molar-refractivity contribution is 8.47. The van der Waals surface area contributed by atoms with E-state index in [0.29, 0.717) is 18.8 Å². The second-order valence-corrected chi connectivity index (χ2v) is 11.6. The van der Waals surface area contributed by atoms with Crippen molar-refractivity contribution in [2.75, 3.05) is 24.6 Å². The van der Waals surface area contributed by atoms with Crippen LogP contribution in [0.1, 0.15) is 85.0 Å². The van der Waals surface area contributed by atoms with Gasteiger partial charge in [0.25, 0.3) is 0 Å². The number of carboxylic acids is 1. The van der Waals surface area contributed by atoms with Gasteiger partial charge >= 0.3 is 5.97 Å². The Labute approximate surface area is 197 Å². The van der Waals surface area contributed by atoms with Crippen LogP contribution < -0.4 is 11.1 Å². The van der Waals surface area contributed by atoms with Crippen LogP contribution in [0.4, 0.5) is 0 Å². The molecular weight excluding hydrogens is 436 g/mol. The number of nitrogens with one attached hydrogen (secondary N) is 1. The van der Waals surface area contributed by atoms with Gasteiger partial charge in [0.05, 0.1) is 24.4 Å². The lowest BCUT2D eigenvalue weighted by molar-refractivity contribution is -0.364. The molecule has 0 aliphatic heterocycles. The molecule has 0 aromatic rings. The van der Waals surface area contributed by atoms with E-state index in [9.17, 15) is 14.7 Å². The SMILES string of the molecule is CCCCCCCCCCCCSC(=S)SCC(C(=O)NCC[NH3+])C(C)(C)C(=O)O. The van der Waals surface area contributed by atoms with Gasteiger partial charge in [0.1, 0.15) is 3.53 Å². The second kappa shape index (κ2) is 18.3. The van der Waals surface area contributed by atoms with Gasteiger partial charge in [0, 0.05) is 5.75 Å². The minimum absolute atomic E-state index is 0.235. The first kappa shape index (κ1) is 29.7. The number of carboxylic acid groups (broad SMARTS) is 1. The Balaban J connectivity index is 4.06. The predicted octanol–water partition coefficient (Wildman–Crippen LogP) is 4.74. The van der Waals surface area contributed by atoms with Crippen LogP contribution in [0.15, 0.2) is 0 Å². The van der Waals surface area contributed by atoms with Gasteiger partial charge in [-0.25, -0.2) is 0 Å². The van der Waals surface area contributed by atoms with E-state index in [2.05, 4.69) is 18.0 Å². The highest BCUT2D eigenvalue weighted by Gasteiger charge is 2.41. The zero-order valence-electron chi connectivity index (χ0n) is 19.2. The monoisotopic (exact) mass is 479 g/mol. The topological polar surface area (TPSA) is 94.0 Å². The van der Waals surface area contributed by atoms with Gasteiger partial charge in [-0.05, 0) is 26.0 Å². The summed E-state index contributed by atoms with van der Waals surface area (Å²) in [4.78, 5) is 24.1. The van der Waals surface area contributed by atoms with Crippen molar-refractivity contribution in [3.63, 3.8) is 0 Å². The molecule has 30 heavy (non-hydrogen) atoms. The van der Waals surface area contributed by atoms with Gasteiger partial charge in [0.15, 0.2) is 0 Å². The molecule has 0 bridgehead atoms. The molecule has 1 atom stereocenters. The molecule has 0 aromatic carbocycles. The first-order chi connectivity index (χ1) is 14.3. The number of quaternary nitrogens is 1. The lowest BCUT2D eigenvalue weighted by Crippen LogP contribution is -2.56. The first-order valence-electron chi connectivity index (χ1n) is 11.4. The van der Waals surface area contributed by atoms with E-state index in [1.165, 1.54) is 69.5 Å². The van der Waals surface area contributed by atoms with Gasteiger partial charge in [-0.3, -0.25) is 9.59 Å². The van der Waals surface area contributed by atoms with Crippen LogP contribution in [0.5, 0.6) is 0 Å². The van der Waals surface area contributed by atoms with Gasteiger partial charge in [-0.1, -0.05) is 76.9 Å². The van der Waals surface area contributed by atoms with Crippen LogP contribution in [0.25, 0.3) is 0 Å². The van der Waals surface area contributed by atoms with Crippen LogP contribution in [0.3, 0.4) is 0 Å². The molecule has 0 saturated heterocycles. The maximum Gasteiger partial charge on any atom is 0.309 e. The fourth-order valence-electron chi connectivity index (χ4n) is 3.03. The number of rotatable bonds is 18. The molecule has 8 heteroatoms. The molecule has 0 rings (SSSR count). The van der Waals surface area contributed by atoms with Gasteiger partial charge in [-0.2, -0.15) is 0 Å². The molecule has 1 unspecified atom stereocenters. The Hall–Kier alpha value is -0.310. The molecule has 0 aromatic heterocycles. The Morgan fingerprint density at radius 3 is 2.03 bits per heavy atom. The summed E-state index contributed by atoms with van der Waals surface area (Å²) in [6.45, 7) is 6.48. The van der Waals surface area contributed by atoms with Gasteiger partial charge < -0.3 is 16.2 Å². The lowest BCUT2D eigenvalue weighted by atomic mass is 9.79. The number of thiocarbonyl (C=S) groups is 1. The van der Waals surface area contributed by atoms with Gasteiger partial charge in [-0.15, -0.1) is 23.5 Å². The lowest BCUT2D eigenvalue weighted by Gasteiger charge is -2.29. The number of amides is 1. The first-order valence-corrected chi connectivity index (χ1v) is 13.7. The Morgan fingerprint density at radius 1 is 1.00 bits per heavy atom. The zero-order chi connectivity index (χ0) is 22.8. The summed E-state index contributed by atoms with van der Waals surface area (Å²) in [6, 6.07) is 0. The van der Waals surface area contributed by atoms with Crippen LogP contribution in [-0.4, -0.2) is 45.1 Å². The zero-order valence-corrected chi connectivity index (χ0v) is 21.6. The summed E-state index contributed by atoms with van der Waals surface area (Å²) in [7, 11) is 0. The standard InChI is InChI=1S/C22H42N2O3S3/c1-4-5-6-7-8-9-10-11-12-13-16-29-21(28)30-17-18(19(25)24-15-14-23)22(2,3)20(26)27/h18H,4-17,23H2,1-3H3,(H,24,25)(H,26,27)/p+1. The Kier molecular flexibility index (Phi) is 18.1. The second-order valence-electron chi connectivity index (χ2n) is 8.32. The quantitative estimate of drug-likeness (QED) is 0.194. The van der Waals surface area contributed by atoms with E-state index in [1.54, 1.807) is 25.6 Å². The van der Waals surface area contributed by atoms with Crippen molar-refractivity contribution in [2.45, 2.75) is 85.0 Å². The summed E-state index contributed by atoms with van der Waals surface area (Å²) < 4.78 is 0.794. The average Bonchev–Trinajstić information content (AvgIpc) is 2.70. The largest absolute Gasteiger partial charge is 0.481 e. The Morgan fingerprint density at radius 2 is 1.53 bits per heavy atom. The third-order valence-corrected chi connectivity index (χ3v) is 8.18. The molecule has 0 spiro atoms. The number of carbonyl (C=O) groups is 2. The molecular formula is C22H43N2O3S3+.